The first-order valence-corrected chi connectivity index (χ1v) is 13.3. The van der Waals surface area contributed by atoms with Gasteiger partial charge in [-0.1, -0.05) is 142 Å². The normalized spacial score (nSPS) is 13.7. The van der Waals surface area contributed by atoms with Gasteiger partial charge in [0.1, 0.15) is 0 Å². The molecule has 0 bridgehead atoms. The molecular weight excluding hydrogens is 358 g/mol. The zero-order valence-corrected chi connectivity index (χ0v) is 19.9. The molecule has 0 radical (unpaired) electrons. The Bertz CT molecular complexity index is 298. The Morgan fingerprint density at radius 1 is 0.517 bits per heavy atom. The standard InChI is InChI=1S/C26H55NO2/c1-2-3-4-5-6-7-8-9-10-11-12-13-14-15-16-17-18-19-20-21-22-23-26(29)25(27)24-28/h25-26,28-29H,2-24,27H2,1H3/t25-,26+/m0/s1. The summed E-state index contributed by atoms with van der Waals surface area (Å²) in [6, 6.07) is -0.472. The SMILES string of the molecule is CCCCCCCCCCCCCCCCCCCCCCC[C@@H](O)[C@@H](N)CO. The van der Waals surface area contributed by atoms with E-state index < -0.39 is 12.1 Å². The monoisotopic (exact) mass is 413 g/mol. The van der Waals surface area contributed by atoms with Crippen molar-refractivity contribution < 1.29 is 10.2 Å². The van der Waals surface area contributed by atoms with Crippen molar-refractivity contribution in [2.24, 2.45) is 5.73 Å². The molecule has 0 saturated carbocycles. The van der Waals surface area contributed by atoms with Gasteiger partial charge in [0.2, 0.25) is 0 Å². The zero-order chi connectivity index (χ0) is 21.4. The molecule has 3 heteroatoms. The average Bonchev–Trinajstić information content (AvgIpc) is 2.74. The summed E-state index contributed by atoms with van der Waals surface area (Å²) >= 11 is 0. The average molecular weight is 414 g/mol. The maximum atomic E-state index is 9.69. The second kappa shape index (κ2) is 24.2. The smallest absolute Gasteiger partial charge is 0.0713 e. The molecule has 0 saturated heterocycles. The molecule has 29 heavy (non-hydrogen) atoms. The van der Waals surface area contributed by atoms with Crippen molar-refractivity contribution in [2.45, 2.75) is 160 Å². The van der Waals surface area contributed by atoms with Gasteiger partial charge in [0.15, 0.2) is 0 Å². The van der Waals surface area contributed by atoms with Crippen LogP contribution in [0.15, 0.2) is 0 Å². The van der Waals surface area contributed by atoms with E-state index in [1.54, 1.807) is 0 Å². The van der Waals surface area contributed by atoms with E-state index in [9.17, 15) is 5.11 Å². The molecule has 0 rings (SSSR count). The highest BCUT2D eigenvalue weighted by molar-refractivity contribution is 4.70. The van der Waals surface area contributed by atoms with Gasteiger partial charge in [-0.25, -0.2) is 0 Å². The lowest BCUT2D eigenvalue weighted by atomic mass is 10.0. The number of aliphatic hydroxyl groups excluding tert-OH is 2. The van der Waals surface area contributed by atoms with Crippen LogP contribution in [-0.2, 0) is 0 Å². The molecule has 0 amide bonds. The molecular formula is C26H55NO2. The Morgan fingerprint density at radius 3 is 1.07 bits per heavy atom. The van der Waals surface area contributed by atoms with Crippen molar-refractivity contribution in [2.75, 3.05) is 6.61 Å². The number of hydrogen-bond donors (Lipinski definition) is 3. The van der Waals surface area contributed by atoms with Gasteiger partial charge in [-0.2, -0.15) is 0 Å². The lowest BCUT2D eigenvalue weighted by Crippen LogP contribution is -2.37. The molecule has 2 atom stereocenters. The molecule has 0 fully saturated rings. The summed E-state index contributed by atoms with van der Waals surface area (Å²) in [5.74, 6) is 0. The van der Waals surface area contributed by atoms with Gasteiger partial charge in [0, 0.05) is 0 Å². The van der Waals surface area contributed by atoms with E-state index in [0.29, 0.717) is 0 Å². The summed E-state index contributed by atoms with van der Waals surface area (Å²) in [5, 5.41) is 18.6. The molecule has 0 unspecified atom stereocenters. The van der Waals surface area contributed by atoms with Crippen molar-refractivity contribution >= 4 is 0 Å². The second-order valence-corrected chi connectivity index (χ2v) is 9.27. The largest absolute Gasteiger partial charge is 0.395 e. The highest BCUT2D eigenvalue weighted by Gasteiger charge is 2.12. The fourth-order valence-electron chi connectivity index (χ4n) is 4.12. The molecule has 4 N–H and O–H groups in total. The molecule has 0 aromatic rings. The highest BCUT2D eigenvalue weighted by atomic mass is 16.3. The molecule has 0 aliphatic heterocycles. The van der Waals surface area contributed by atoms with E-state index in [1.807, 2.05) is 0 Å². The Hall–Kier alpha value is -0.120. The summed E-state index contributed by atoms with van der Waals surface area (Å²) < 4.78 is 0. The van der Waals surface area contributed by atoms with Gasteiger partial charge in [0.05, 0.1) is 18.8 Å². The second-order valence-electron chi connectivity index (χ2n) is 9.27. The predicted octanol–water partition coefficient (Wildman–Crippen LogP) is 7.27. The molecule has 0 aromatic heterocycles. The van der Waals surface area contributed by atoms with Crippen LogP contribution in [0.2, 0.25) is 0 Å². The molecule has 176 valence electrons. The van der Waals surface area contributed by atoms with Crippen molar-refractivity contribution in [3.63, 3.8) is 0 Å². The van der Waals surface area contributed by atoms with Crippen LogP contribution in [0, 0.1) is 0 Å². The minimum atomic E-state index is -0.541. The maximum Gasteiger partial charge on any atom is 0.0713 e. The lowest BCUT2D eigenvalue weighted by Gasteiger charge is -2.15. The molecule has 0 aliphatic rings. The van der Waals surface area contributed by atoms with Crippen molar-refractivity contribution in [3.05, 3.63) is 0 Å². The summed E-state index contributed by atoms with van der Waals surface area (Å²) in [6.07, 6.45) is 29.3. The van der Waals surface area contributed by atoms with Gasteiger partial charge < -0.3 is 15.9 Å². The number of aliphatic hydroxyl groups is 2. The Balaban J connectivity index is 3.07. The summed E-state index contributed by atoms with van der Waals surface area (Å²) in [6.45, 7) is 2.16. The van der Waals surface area contributed by atoms with Crippen molar-refractivity contribution in [1.29, 1.82) is 0 Å². The van der Waals surface area contributed by atoms with E-state index in [4.69, 9.17) is 10.8 Å². The van der Waals surface area contributed by atoms with Crippen molar-refractivity contribution in [3.8, 4) is 0 Å². The first-order valence-electron chi connectivity index (χ1n) is 13.3. The van der Waals surface area contributed by atoms with Crippen LogP contribution in [0.1, 0.15) is 148 Å². The number of nitrogens with two attached hydrogens (primary N) is 1. The fraction of sp³-hybridized carbons (Fsp3) is 1.00. The van der Waals surface area contributed by atoms with Crippen LogP contribution < -0.4 is 5.73 Å². The van der Waals surface area contributed by atoms with Crippen LogP contribution in [0.3, 0.4) is 0 Å². The Labute approximate surface area is 183 Å². The fourth-order valence-corrected chi connectivity index (χ4v) is 4.12. The first kappa shape index (κ1) is 28.9. The topological polar surface area (TPSA) is 66.5 Å². The van der Waals surface area contributed by atoms with E-state index in [2.05, 4.69) is 6.92 Å². The minimum Gasteiger partial charge on any atom is -0.395 e. The Kier molecular flexibility index (Phi) is 24.1. The number of unbranched alkanes of at least 4 members (excludes halogenated alkanes) is 20. The number of hydrogen-bond acceptors (Lipinski definition) is 3. The van der Waals surface area contributed by atoms with E-state index in [-0.39, 0.29) is 6.61 Å². The summed E-state index contributed by atoms with van der Waals surface area (Å²) in [4.78, 5) is 0. The molecule has 0 aliphatic carbocycles. The lowest BCUT2D eigenvalue weighted by molar-refractivity contribution is 0.0990. The number of rotatable bonds is 24. The van der Waals surface area contributed by atoms with Gasteiger partial charge in [-0.05, 0) is 6.42 Å². The van der Waals surface area contributed by atoms with Gasteiger partial charge >= 0.3 is 0 Å². The first-order chi connectivity index (χ1) is 14.2. The minimum absolute atomic E-state index is 0.125. The van der Waals surface area contributed by atoms with Crippen LogP contribution >= 0.6 is 0 Å². The van der Waals surface area contributed by atoms with E-state index in [0.717, 1.165) is 12.8 Å². The Morgan fingerprint density at radius 2 is 0.793 bits per heavy atom. The third kappa shape index (κ3) is 22.4. The quantitative estimate of drug-likeness (QED) is 0.146. The molecule has 0 heterocycles. The van der Waals surface area contributed by atoms with Crippen LogP contribution in [0.4, 0.5) is 0 Å². The van der Waals surface area contributed by atoms with E-state index >= 15 is 0 Å². The summed E-state index contributed by atoms with van der Waals surface area (Å²) in [5.41, 5.74) is 5.61. The predicted molar refractivity (Wildman–Crippen MR) is 128 cm³/mol. The van der Waals surface area contributed by atoms with Crippen LogP contribution in [0.25, 0.3) is 0 Å². The zero-order valence-electron chi connectivity index (χ0n) is 19.9. The highest BCUT2D eigenvalue weighted by Crippen LogP contribution is 2.15. The van der Waals surface area contributed by atoms with Gasteiger partial charge in [-0.3, -0.25) is 0 Å². The van der Waals surface area contributed by atoms with Crippen LogP contribution in [0.5, 0.6) is 0 Å². The van der Waals surface area contributed by atoms with Gasteiger partial charge in [-0.15, -0.1) is 0 Å². The van der Waals surface area contributed by atoms with E-state index in [1.165, 1.54) is 128 Å². The van der Waals surface area contributed by atoms with Crippen molar-refractivity contribution in [1.82, 2.24) is 0 Å². The van der Waals surface area contributed by atoms with Crippen LogP contribution in [-0.4, -0.2) is 29.0 Å². The van der Waals surface area contributed by atoms with Gasteiger partial charge in [0.25, 0.3) is 0 Å². The summed E-state index contributed by atoms with van der Waals surface area (Å²) in [7, 11) is 0. The third-order valence-electron chi connectivity index (χ3n) is 6.31. The molecule has 0 aromatic carbocycles. The molecule has 0 spiro atoms. The maximum absolute atomic E-state index is 9.69. The third-order valence-corrected chi connectivity index (χ3v) is 6.31. The molecule has 3 nitrogen and oxygen atoms in total.